The molecule has 2 rings (SSSR count). The van der Waals surface area contributed by atoms with E-state index in [2.05, 4.69) is 11.6 Å². The van der Waals surface area contributed by atoms with Crippen molar-refractivity contribution >= 4 is 5.82 Å². The third-order valence-corrected chi connectivity index (χ3v) is 3.20. The molecule has 6 heteroatoms. The summed E-state index contributed by atoms with van der Waals surface area (Å²) in [6, 6.07) is 1.55. The molecule has 0 saturated carbocycles. The molecule has 6 nitrogen and oxygen atoms in total. The minimum absolute atomic E-state index is 0.0906. The molecule has 1 saturated heterocycles. The van der Waals surface area contributed by atoms with Crippen LogP contribution < -0.4 is 11.4 Å². The van der Waals surface area contributed by atoms with Gasteiger partial charge in [0.2, 0.25) is 0 Å². The molecule has 1 aromatic rings. The van der Waals surface area contributed by atoms with Crippen LogP contribution in [0.25, 0.3) is 0 Å². The monoisotopic (exact) mass is 251 g/mol. The van der Waals surface area contributed by atoms with E-state index in [0.29, 0.717) is 19.3 Å². The number of nitrogens with two attached hydrogens (primary N) is 1. The van der Waals surface area contributed by atoms with Gasteiger partial charge in [-0.1, -0.05) is 6.08 Å². The summed E-state index contributed by atoms with van der Waals surface area (Å²) >= 11 is 0. The van der Waals surface area contributed by atoms with E-state index in [1.165, 1.54) is 4.57 Å². The molecule has 1 fully saturated rings. The second-order valence-electron chi connectivity index (χ2n) is 4.49. The lowest BCUT2D eigenvalue weighted by atomic mass is 9.97. The highest BCUT2D eigenvalue weighted by Crippen LogP contribution is 2.37. The highest BCUT2D eigenvalue weighted by atomic mass is 16.5. The van der Waals surface area contributed by atoms with E-state index in [1.54, 1.807) is 18.3 Å². The Bertz CT molecular complexity index is 500. The zero-order valence-electron chi connectivity index (χ0n) is 10.1. The third kappa shape index (κ3) is 2.30. The van der Waals surface area contributed by atoms with Gasteiger partial charge in [0.15, 0.2) is 0 Å². The van der Waals surface area contributed by atoms with E-state index in [0.717, 1.165) is 0 Å². The van der Waals surface area contributed by atoms with E-state index in [9.17, 15) is 9.90 Å². The van der Waals surface area contributed by atoms with Crippen molar-refractivity contribution in [2.75, 3.05) is 12.3 Å². The van der Waals surface area contributed by atoms with Gasteiger partial charge in [0.1, 0.15) is 12.0 Å². The van der Waals surface area contributed by atoms with Gasteiger partial charge in [-0.3, -0.25) is 4.57 Å². The summed E-state index contributed by atoms with van der Waals surface area (Å²) in [7, 11) is 0. The lowest BCUT2D eigenvalue weighted by Crippen LogP contribution is -2.34. The maximum absolute atomic E-state index is 11.7. The SMILES string of the molecule is C=CC[C@@]1(CO)CC[C@H](n2ccc(N)nc2=O)O1. The fraction of sp³-hybridized carbons (Fsp3) is 0.500. The number of aliphatic hydroxyl groups is 1. The van der Waals surface area contributed by atoms with Gasteiger partial charge >= 0.3 is 5.69 Å². The van der Waals surface area contributed by atoms with Gasteiger partial charge in [0.25, 0.3) is 0 Å². The number of ether oxygens (including phenoxy) is 1. The minimum atomic E-state index is -0.632. The summed E-state index contributed by atoms with van der Waals surface area (Å²) in [6.07, 6.45) is 4.76. The van der Waals surface area contributed by atoms with Crippen LogP contribution in [0.15, 0.2) is 29.7 Å². The van der Waals surface area contributed by atoms with Crippen LogP contribution in [0, 0.1) is 0 Å². The third-order valence-electron chi connectivity index (χ3n) is 3.20. The lowest BCUT2D eigenvalue weighted by molar-refractivity contribution is -0.0972. The summed E-state index contributed by atoms with van der Waals surface area (Å²) in [6.45, 7) is 3.56. The summed E-state index contributed by atoms with van der Waals surface area (Å²) in [5.41, 5.74) is 4.37. The van der Waals surface area contributed by atoms with Crippen LogP contribution in [0.5, 0.6) is 0 Å². The highest BCUT2D eigenvalue weighted by Gasteiger charge is 2.39. The van der Waals surface area contributed by atoms with Crippen LogP contribution in [0.2, 0.25) is 0 Å². The summed E-state index contributed by atoms with van der Waals surface area (Å²) in [5.74, 6) is 0.189. The molecule has 0 bridgehead atoms. The molecular weight excluding hydrogens is 234 g/mol. The molecule has 0 aromatic carbocycles. The zero-order chi connectivity index (χ0) is 13.2. The molecule has 18 heavy (non-hydrogen) atoms. The Hall–Kier alpha value is -1.66. The topological polar surface area (TPSA) is 90.4 Å². The smallest absolute Gasteiger partial charge is 0.351 e. The van der Waals surface area contributed by atoms with Crippen molar-refractivity contribution < 1.29 is 9.84 Å². The van der Waals surface area contributed by atoms with Crippen molar-refractivity contribution in [3.8, 4) is 0 Å². The van der Waals surface area contributed by atoms with Crippen LogP contribution in [-0.4, -0.2) is 26.9 Å². The molecule has 0 aliphatic carbocycles. The molecule has 1 aliphatic rings. The first kappa shape index (κ1) is 12.8. The molecule has 1 aliphatic heterocycles. The van der Waals surface area contributed by atoms with E-state index in [4.69, 9.17) is 10.5 Å². The van der Waals surface area contributed by atoms with Gasteiger partial charge in [-0.15, -0.1) is 6.58 Å². The first-order chi connectivity index (χ1) is 8.60. The van der Waals surface area contributed by atoms with Gasteiger partial charge in [0, 0.05) is 6.20 Å². The Balaban J connectivity index is 2.22. The Kier molecular flexibility index (Phi) is 3.49. The van der Waals surface area contributed by atoms with Gasteiger partial charge in [-0.05, 0) is 25.3 Å². The number of rotatable bonds is 4. The van der Waals surface area contributed by atoms with Crippen LogP contribution in [-0.2, 0) is 4.74 Å². The molecule has 0 radical (unpaired) electrons. The van der Waals surface area contributed by atoms with Crippen molar-refractivity contribution in [3.05, 3.63) is 35.4 Å². The molecule has 3 N–H and O–H groups in total. The Morgan fingerprint density at radius 1 is 1.78 bits per heavy atom. The fourth-order valence-corrected chi connectivity index (χ4v) is 2.23. The second-order valence-corrected chi connectivity index (χ2v) is 4.49. The number of nitrogen functional groups attached to an aromatic ring is 1. The largest absolute Gasteiger partial charge is 0.393 e. The van der Waals surface area contributed by atoms with Crippen LogP contribution in [0.4, 0.5) is 5.82 Å². The average molecular weight is 251 g/mol. The first-order valence-electron chi connectivity index (χ1n) is 5.84. The van der Waals surface area contributed by atoms with Gasteiger partial charge in [-0.25, -0.2) is 4.79 Å². The number of nitrogens with zero attached hydrogens (tertiary/aromatic N) is 2. The Morgan fingerprint density at radius 2 is 2.56 bits per heavy atom. The standard InChI is InChI=1S/C12H17N3O3/c1-2-5-12(8-16)6-3-10(18-12)15-7-4-9(13)14-11(15)17/h2,4,7,10,16H,1,3,5-6,8H2,(H2,13,14,17)/t10-,12+/m1/s1. The number of anilines is 1. The molecular formula is C12H17N3O3. The number of aromatic nitrogens is 2. The number of hydrogen-bond donors (Lipinski definition) is 2. The van der Waals surface area contributed by atoms with Gasteiger partial charge in [0.05, 0.1) is 12.2 Å². The molecule has 2 atom stereocenters. The fourth-order valence-electron chi connectivity index (χ4n) is 2.23. The maximum atomic E-state index is 11.7. The highest BCUT2D eigenvalue weighted by molar-refractivity contribution is 5.23. The molecule has 0 unspecified atom stereocenters. The molecule has 0 spiro atoms. The van der Waals surface area contributed by atoms with Gasteiger partial charge < -0.3 is 15.6 Å². The number of hydrogen-bond acceptors (Lipinski definition) is 5. The van der Waals surface area contributed by atoms with Crippen molar-refractivity contribution in [3.63, 3.8) is 0 Å². The summed E-state index contributed by atoms with van der Waals surface area (Å²) in [4.78, 5) is 15.4. The summed E-state index contributed by atoms with van der Waals surface area (Å²) < 4.78 is 7.21. The Labute approximate surface area is 105 Å². The van der Waals surface area contributed by atoms with Crippen molar-refractivity contribution in [2.24, 2.45) is 0 Å². The quantitative estimate of drug-likeness (QED) is 0.758. The van der Waals surface area contributed by atoms with Crippen molar-refractivity contribution in [1.82, 2.24) is 9.55 Å². The molecule has 2 heterocycles. The summed E-state index contributed by atoms with van der Waals surface area (Å²) in [5, 5.41) is 9.43. The normalized spacial score (nSPS) is 27.3. The lowest BCUT2D eigenvalue weighted by Gasteiger charge is -2.26. The molecule has 1 aromatic heterocycles. The minimum Gasteiger partial charge on any atom is -0.393 e. The van der Waals surface area contributed by atoms with Crippen LogP contribution in [0.3, 0.4) is 0 Å². The van der Waals surface area contributed by atoms with Gasteiger partial charge in [-0.2, -0.15) is 4.98 Å². The first-order valence-corrected chi connectivity index (χ1v) is 5.84. The van der Waals surface area contributed by atoms with E-state index >= 15 is 0 Å². The van der Waals surface area contributed by atoms with E-state index < -0.39 is 17.5 Å². The van der Waals surface area contributed by atoms with Crippen molar-refractivity contribution in [2.45, 2.75) is 31.1 Å². The predicted molar refractivity (Wildman–Crippen MR) is 66.9 cm³/mol. The number of aliphatic hydroxyl groups excluding tert-OH is 1. The van der Waals surface area contributed by atoms with Crippen LogP contribution in [0.1, 0.15) is 25.5 Å². The molecule has 98 valence electrons. The Morgan fingerprint density at radius 3 is 3.17 bits per heavy atom. The zero-order valence-corrected chi connectivity index (χ0v) is 10.1. The maximum Gasteiger partial charge on any atom is 0.351 e. The van der Waals surface area contributed by atoms with Crippen LogP contribution >= 0.6 is 0 Å². The van der Waals surface area contributed by atoms with E-state index in [-0.39, 0.29) is 12.4 Å². The second kappa shape index (κ2) is 4.91. The molecule has 0 amide bonds. The average Bonchev–Trinajstić information content (AvgIpc) is 2.74. The van der Waals surface area contributed by atoms with Crippen molar-refractivity contribution in [1.29, 1.82) is 0 Å². The van der Waals surface area contributed by atoms with E-state index in [1.807, 2.05) is 0 Å². The predicted octanol–water partition coefficient (Wildman–Crippen LogP) is 0.442.